The van der Waals surface area contributed by atoms with Gasteiger partial charge in [0.1, 0.15) is 0 Å². The number of hydrogen-bond donors (Lipinski definition) is 0. The van der Waals surface area contributed by atoms with E-state index in [1.54, 1.807) is 36.4 Å². The Bertz CT molecular complexity index is 1430. The van der Waals surface area contributed by atoms with E-state index in [0.717, 1.165) is 16.7 Å². The minimum Gasteiger partial charge on any atom is -0.463 e. The number of aryl methyl sites for hydroxylation is 1. The molecule has 2 aliphatic heterocycles. The Hall–Kier alpha value is -3.13. The molecule has 3 aromatic carbocycles. The highest BCUT2D eigenvalue weighted by molar-refractivity contribution is 7.89. The van der Waals surface area contributed by atoms with Gasteiger partial charge < -0.3 is 9.47 Å². The highest BCUT2D eigenvalue weighted by Gasteiger charge is 2.56. The van der Waals surface area contributed by atoms with Gasteiger partial charge >= 0.3 is 5.97 Å². The monoisotopic (exact) mass is 509 g/mol. The van der Waals surface area contributed by atoms with E-state index in [4.69, 9.17) is 21.1 Å². The van der Waals surface area contributed by atoms with Crippen LogP contribution in [0.2, 0.25) is 5.02 Å². The van der Waals surface area contributed by atoms with Gasteiger partial charge in [-0.3, -0.25) is 0 Å². The average Bonchev–Trinajstić information content (AvgIpc) is 3.17. The minimum absolute atomic E-state index is 0.0514. The van der Waals surface area contributed by atoms with Crippen LogP contribution < -0.4 is 0 Å². The van der Waals surface area contributed by atoms with Gasteiger partial charge in [-0.2, -0.15) is 0 Å². The Morgan fingerprint density at radius 3 is 2.46 bits per heavy atom. The largest absolute Gasteiger partial charge is 0.463 e. The summed E-state index contributed by atoms with van der Waals surface area (Å²) in [5.41, 5.74) is 1.78. The summed E-state index contributed by atoms with van der Waals surface area (Å²) in [4.78, 5) is 12.9. The molecule has 0 unspecified atom stereocenters. The van der Waals surface area contributed by atoms with Crippen molar-refractivity contribution in [3.05, 3.63) is 112 Å². The van der Waals surface area contributed by atoms with Crippen molar-refractivity contribution in [3.8, 4) is 0 Å². The average molecular weight is 510 g/mol. The molecular weight excluding hydrogens is 486 g/mol. The molecule has 0 saturated heterocycles. The fourth-order valence-corrected chi connectivity index (χ4v) is 6.79. The van der Waals surface area contributed by atoms with Gasteiger partial charge in [-0.05, 0) is 42.3 Å². The summed E-state index contributed by atoms with van der Waals surface area (Å²) >= 11 is 6.53. The number of fused-ring (bicyclic) bond motifs is 2. The second-order valence-electron chi connectivity index (χ2n) is 8.72. The molecule has 180 valence electrons. The molecule has 2 atom stereocenters. The number of hydrogen-bond acceptors (Lipinski definition) is 5. The molecule has 0 amide bonds. The number of esters is 1. The highest BCUT2D eigenvalue weighted by Crippen LogP contribution is 2.53. The lowest BCUT2D eigenvalue weighted by Crippen LogP contribution is -2.49. The summed E-state index contributed by atoms with van der Waals surface area (Å²) in [6.45, 7) is 2.01. The molecule has 1 spiro atoms. The lowest BCUT2D eigenvalue weighted by atomic mass is 9.84. The third kappa shape index (κ3) is 3.93. The zero-order valence-corrected chi connectivity index (χ0v) is 20.8. The molecule has 8 heteroatoms. The number of sulfonamides is 1. The zero-order valence-electron chi connectivity index (χ0n) is 19.3. The molecule has 0 N–H and O–H groups in total. The maximum absolute atomic E-state index is 14.0. The summed E-state index contributed by atoms with van der Waals surface area (Å²) in [7, 11) is -2.74. The Kier molecular flexibility index (Phi) is 5.95. The fourth-order valence-electron chi connectivity index (χ4n) is 4.87. The summed E-state index contributed by atoms with van der Waals surface area (Å²) < 4.78 is 40.7. The first-order valence-corrected chi connectivity index (χ1v) is 13.0. The van der Waals surface area contributed by atoms with Crippen LogP contribution in [0.3, 0.4) is 0 Å². The molecule has 0 saturated carbocycles. The topological polar surface area (TPSA) is 72.9 Å². The van der Waals surface area contributed by atoms with E-state index in [1.165, 1.54) is 11.4 Å². The van der Waals surface area contributed by atoms with Crippen molar-refractivity contribution in [2.75, 3.05) is 7.11 Å². The van der Waals surface area contributed by atoms with E-state index >= 15 is 0 Å². The van der Waals surface area contributed by atoms with E-state index in [1.807, 2.05) is 49.4 Å². The highest BCUT2D eigenvalue weighted by atomic mass is 35.5. The first-order chi connectivity index (χ1) is 16.8. The summed E-state index contributed by atoms with van der Waals surface area (Å²) in [6.07, 6.45) is 1.90. The summed E-state index contributed by atoms with van der Waals surface area (Å²) in [5.74, 6) is -1.13. The Balaban J connectivity index is 1.71. The maximum atomic E-state index is 14.0. The first-order valence-electron chi connectivity index (χ1n) is 11.2. The number of nitrogens with zero attached hydrogens (tertiary/aromatic N) is 1. The number of allylic oxidation sites excluding steroid dienone is 1. The molecule has 35 heavy (non-hydrogen) atoms. The molecular formula is C27H24ClNO5S. The standard InChI is InChI=1S/C27H24ClNO5S/c1-18-11-13-21(14-12-18)35(31,32)29-17-19-7-3-5-9-23(19)27(29)16-20(15-25(34-27)26(30)33-2)22-8-4-6-10-24(22)28/h3-15,20H,16-17H2,1-2H3/t20-,27-/m0/s1. The molecule has 2 aliphatic rings. The van der Waals surface area contributed by atoms with Crippen LogP contribution in [0, 0.1) is 6.92 Å². The maximum Gasteiger partial charge on any atom is 0.373 e. The number of methoxy groups -OCH3 is 1. The molecule has 0 fully saturated rings. The van der Waals surface area contributed by atoms with Crippen LogP contribution >= 0.6 is 11.6 Å². The smallest absolute Gasteiger partial charge is 0.373 e. The lowest BCUT2D eigenvalue weighted by molar-refractivity contribution is -0.154. The van der Waals surface area contributed by atoms with Crippen molar-refractivity contribution >= 4 is 27.6 Å². The van der Waals surface area contributed by atoms with E-state index in [0.29, 0.717) is 10.6 Å². The SMILES string of the molecule is COC(=O)C1=C[C@H](c2ccccc2Cl)C[C@]2(O1)c1ccccc1CN2S(=O)(=O)c1ccc(C)cc1. The molecule has 0 radical (unpaired) electrons. The van der Waals surface area contributed by atoms with Gasteiger partial charge in [0.15, 0.2) is 0 Å². The molecule has 0 bridgehead atoms. The molecule has 3 aromatic rings. The third-order valence-electron chi connectivity index (χ3n) is 6.58. The zero-order chi connectivity index (χ0) is 24.8. The van der Waals surface area contributed by atoms with Gasteiger partial charge in [-0.1, -0.05) is 71.8 Å². The van der Waals surface area contributed by atoms with Crippen molar-refractivity contribution in [2.24, 2.45) is 0 Å². The van der Waals surface area contributed by atoms with Crippen molar-refractivity contribution in [3.63, 3.8) is 0 Å². The van der Waals surface area contributed by atoms with E-state index in [-0.39, 0.29) is 23.6 Å². The number of benzene rings is 3. The van der Waals surface area contributed by atoms with Crippen LogP contribution in [0.25, 0.3) is 0 Å². The van der Waals surface area contributed by atoms with Gasteiger partial charge in [0.2, 0.25) is 21.5 Å². The number of carbonyl (C=O) groups is 1. The van der Waals surface area contributed by atoms with E-state index < -0.39 is 27.6 Å². The fraction of sp³-hybridized carbons (Fsp3) is 0.222. The van der Waals surface area contributed by atoms with Gasteiger partial charge in [0.05, 0.1) is 12.0 Å². The van der Waals surface area contributed by atoms with Crippen LogP contribution in [0.1, 0.15) is 34.6 Å². The second-order valence-corrected chi connectivity index (χ2v) is 11.0. The van der Waals surface area contributed by atoms with E-state index in [2.05, 4.69) is 0 Å². The quantitative estimate of drug-likeness (QED) is 0.448. The van der Waals surface area contributed by atoms with Gasteiger partial charge in [0.25, 0.3) is 0 Å². The van der Waals surface area contributed by atoms with Crippen molar-refractivity contribution in [1.29, 1.82) is 0 Å². The normalized spacial score (nSPS) is 21.8. The molecule has 0 aromatic heterocycles. The molecule has 6 nitrogen and oxygen atoms in total. The van der Waals surface area contributed by atoms with Crippen LogP contribution in [0.4, 0.5) is 0 Å². The van der Waals surface area contributed by atoms with Crippen molar-refractivity contribution < 1.29 is 22.7 Å². The second kappa shape index (κ2) is 8.82. The molecule has 5 rings (SSSR count). The number of ether oxygens (including phenoxy) is 2. The van der Waals surface area contributed by atoms with Crippen LogP contribution in [-0.4, -0.2) is 25.8 Å². The van der Waals surface area contributed by atoms with Gasteiger partial charge in [-0.15, -0.1) is 4.31 Å². The minimum atomic E-state index is -4.01. The van der Waals surface area contributed by atoms with Crippen LogP contribution in [0.15, 0.2) is 89.5 Å². The predicted molar refractivity (Wildman–Crippen MR) is 132 cm³/mol. The molecule has 0 aliphatic carbocycles. The lowest BCUT2D eigenvalue weighted by Gasteiger charge is -2.43. The molecule has 2 heterocycles. The number of halogens is 1. The van der Waals surface area contributed by atoms with Crippen molar-refractivity contribution in [2.45, 2.75) is 36.4 Å². The Labute approximate surface area is 209 Å². The van der Waals surface area contributed by atoms with Crippen LogP contribution in [0.5, 0.6) is 0 Å². The van der Waals surface area contributed by atoms with Gasteiger partial charge in [0, 0.05) is 29.5 Å². The summed E-state index contributed by atoms with van der Waals surface area (Å²) in [6, 6.07) is 21.5. The van der Waals surface area contributed by atoms with Gasteiger partial charge in [-0.25, -0.2) is 13.2 Å². The Morgan fingerprint density at radius 2 is 1.74 bits per heavy atom. The predicted octanol–water partition coefficient (Wildman–Crippen LogP) is 5.27. The first kappa shape index (κ1) is 23.6. The van der Waals surface area contributed by atoms with Crippen LogP contribution in [-0.2, 0) is 36.6 Å². The number of carbonyl (C=O) groups excluding carboxylic acids is 1. The Morgan fingerprint density at radius 1 is 1.06 bits per heavy atom. The summed E-state index contributed by atoms with van der Waals surface area (Å²) in [5, 5.41) is 0.522. The van der Waals surface area contributed by atoms with E-state index in [9.17, 15) is 13.2 Å². The third-order valence-corrected chi connectivity index (χ3v) is 8.80. The van der Waals surface area contributed by atoms with Crippen molar-refractivity contribution in [1.82, 2.24) is 4.31 Å². The number of rotatable bonds is 4.